The number of hydrogen-bond donors (Lipinski definition) is 2. The van der Waals surface area contributed by atoms with Crippen molar-refractivity contribution in [3.63, 3.8) is 0 Å². The molecule has 1 aromatic carbocycles. The van der Waals surface area contributed by atoms with Crippen LogP contribution in [-0.4, -0.2) is 24.8 Å². The number of aliphatic hydroxyl groups is 1. The van der Waals surface area contributed by atoms with Crippen LogP contribution >= 0.6 is 11.6 Å². The van der Waals surface area contributed by atoms with E-state index in [9.17, 15) is 15.2 Å². The highest BCUT2D eigenvalue weighted by Gasteiger charge is 2.21. The Hall–Kier alpha value is -3.26. The molecule has 148 valence electrons. The molecule has 0 bridgehead atoms. The van der Waals surface area contributed by atoms with Gasteiger partial charge in [-0.05, 0) is 37.6 Å². The number of aromatic nitrogens is 3. The van der Waals surface area contributed by atoms with Crippen LogP contribution < -0.4 is 11.0 Å². The highest BCUT2D eigenvalue weighted by Crippen LogP contribution is 2.27. The normalized spacial score (nSPS) is 12.9. The van der Waals surface area contributed by atoms with Gasteiger partial charge in [-0.15, -0.1) is 12.3 Å². The maximum atomic E-state index is 12.7. The topological polar surface area (TPSA) is 95.9 Å². The summed E-state index contributed by atoms with van der Waals surface area (Å²) in [5, 5.41) is 22.9. The molecule has 7 nitrogen and oxygen atoms in total. The summed E-state index contributed by atoms with van der Waals surface area (Å²) >= 11 is 5.99. The third-order valence-corrected chi connectivity index (χ3v) is 5.08. The van der Waals surface area contributed by atoms with Crippen molar-refractivity contribution in [1.29, 1.82) is 5.26 Å². The molecular formula is C21H20ClN5O2. The van der Waals surface area contributed by atoms with Crippen molar-refractivity contribution in [1.82, 2.24) is 14.1 Å². The Kier molecular flexibility index (Phi) is 5.65. The van der Waals surface area contributed by atoms with E-state index in [1.807, 2.05) is 24.3 Å². The maximum absolute atomic E-state index is 12.7. The van der Waals surface area contributed by atoms with Crippen molar-refractivity contribution in [2.24, 2.45) is 7.05 Å². The summed E-state index contributed by atoms with van der Waals surface area (Å²) in [6.07, 6.45) is 7.36. The molecule has 0 fully saturated rings. The Morgan fingerprint density at radius 2 is 2.14 bits per heavy atom. The quantitative estimate of drug-likeness (QED) is 0.481. The zero-order chi connectivity index (χ0) is 21.2. The van der Waals surface area contributed by atoms with E-state index < -0.39 is 5.60 Å². The van der Waals surface area contributed by atoms with Crippen molar-refractivity contribution < 1.29 is 5.11 Å². The number of rotatable bonds is 6. The van der Waals surface area contributed by atoms with Gasteiger partial charge in [0.15, 0.2) is 0 Å². The largest absolute Gasteiger partial charge is 0.389 e. The van der Waals surface area contributed by atoms with Crippen LogP contribution in [0.25, 0.3) is 11.0 Å². The van der Waals surface area contributed by atoms with Crippen LogP contribution in [0.3, 0.4) is 0 Å². The minimum atomic E-state index is -1.05. The highest BCUT2D eigenvalue weighted by atomic mass is 35.5. The smallest absolute Gasteiger partial charge is 0.328 e. The number of terminal acetylenes is 1. The molecular weight excluding hydrogens is 390 g/mol. The zero-order valence-electron chi connectivity index (χ0n) is 16.1. The molecule has 0 spiro atoms. The Bertz CT molecular complexity index is 1210. The Morgan fingerprint density at radius 3 is 2.83 bits per heavy atom. The van der Waals surface area contributed by atoms with Crippen molar-refractivity contribution in [3.8, 4) is 18.4 Å². The minimum absolute atomic E-state index is 0.117. The van der Waals surface area contributed by atoms with Gasteiger partial charge in [0.25, 0.3) is 0 Å². The number of aryl methyl sites for hydroxylation is 2. The number of imidazole rings is 1. The number of nitrogens with zero attached hydrogens (tertiary/aromatic N) is 4. The zero-order valence-corrected chi connectivity index (χ0v) is 16.9. The second kappa shape index (κ2) is 8.00. The van der Waals surface area contributed by atoms with E-state index in [4.69, 9.17) is 18.0 Å². The number of benzene rings is 1. The average Bonchev–Trinajstić information content (AvgIpc) is 2.90. The molecule has 1 atom stereocenters. The summed E-state index contributed by atoms with van der Waals surface area (Å²) in [7, 11) is 1.70. The summed E-state index contributed by atoms with van der Waals surface area (Å²) in [6.45, 7) is 1.98. The van der Waals surface area contributed by atoms with Crippen LogP contribution in [0.5, 0.6) is 0 Å². The van der Waals surface area contributed by atoms with Crippen molar-refractivity contribution in [2.45, 2.75) is 31.9 Å². The fourth-order valence-electron chi connectivity index (χ4n) is 3.17. The lowest BCUT2D eigenvalue weighted by atomic mass is 9.99. The molecule has 0 aliphatic rings. The summed E-state index contributed by atoms with van der Waals surface area (Å²) in [5.41, 5.74) is 1.67. The van der Waals surface area contributed by atoms with Gasteiger partial charge in [-0.1, -0.05) is 11.6 Å². The van der Waals surface area contributed by atoms with Gasteiger partial charge in [0.1, 0.15) is 16.8 Å². The lowest BCUT2D eigenvalue weighted by Crippen LogP contribution is -2.29. The van der Waals surface area contributed by atoms with E-state index in [-0.39, 0.29) is 22.8 Å². The van der Waals surface area contributed by atoms with E-state index in [1.165, 1.54) is 6.20 Å². The van der Waals surface area contributed by atoms with Crippen LogP contribution in [0.2, 0.25) is 5.15 Å². The molecule has 0 saturated heterocycles. The van der Waals surface area contributed by atoms with Gasteiger partial charge in [0.05, 0.1) is 22.3 Å². The van der Waals surface area contributed by atoms with Gasteiger partial charge in [0, 0.05) is 31.9 Å². The van der Waals surface area contributed by atoms with Crippen LogP contribution in [0.1, 0.15) is 25.3 Å². The first-order valence-corrected chi connectivity index (χ1v) is 9.32. The first kappa shape index (κ1) is 20.5. The number of fused-ring (bicyclic) bond motifs is 1. The third kappa shape index (κ3) is 4.12. The van der Waals surface area contributed by atoms with E-state index >= 15 is 0 Å². The van der Waals surface area contributed by atoms with Gasteiger partial charge in [-0.2, -0.15) is 5.26 Å². The SMILES string of the molecule is C#CCC(C)(O)CCn1c(=O)n(C)c2ccc(Nc3ccnc(Cl)c3C#N)cc21. The molecule has 8 heteroatoms. The van der Waals surface area contributed by atoms with Crippen molar-refractivity contribution in [2.75, 3.05) is 5.32 Å². The lowest BCUT2D eigenvalue weighted by molar-refractivity contribution is 0.0517. The third-order valence-electron chi connectivity index (χ3n) is 4.80. The van der Waals surface area contributed by atoms with Crippen LogP contribution in [0.4, 0.5) is 11.4 Å². The van der Waals surface area contributed by atoms with E-state index in [1.54, 1.807) is 29.2 Å². The summed E-state index contributed by atoms with van der Waals surface area (Å²) in [6, 6.07) is 9.15. The Labute approximate surface area is 173 Å². The molecule has 3 aromatic rings. The summed E-state index contributed by atoms with van der Waals surface area (Å²) in [4.78, 5) is 16.6. The molecule has 3 rings (SSSR count). The number of pyridine rings is 1. The number of nitriles is 1. The summed E-state index contributed by atoms with van der Waals surface area (Å²) < 4.78 is 3.16. The van der Waals surface area contributed by atoms with Gasteiger partial charge in [-0.25, -0.2) is 9.78 Å². The lowest BCUT2D eigenvalue weighted by Gasteiger charge is -2.20. The maximum Gasteiger partial charge on any atom is 0.328 e. The predicted octanol–water partition coefficient (Wildman–Crippen LogP) is 3.17. The van der Waals surface area contributed by atoms with Gasteiger partial charge < -0.3 is 10.4 Å². The second-order valence-electron chi connectivity index (χ2n) is 7.09. The van der Waals surface area contributed by atoms with E-state index in [2.05, 4.69) is 16.2 Å². The molecule has 2 heterocycles. The minimum Gasteiger partial charge on any atom is -0.389 e. The van der Waals surface area contributed by atoms with Gasteiger partial charge in [0.2, 0.25) is 0 Å². The number of anilines is 2. The monoisotopic (exact) mass is 409 g/mol. The molecule has 0 radical (unpaired) electrons. The number of halogens is 1. The average molecular weight is 410 g/mol. The number of nitrogens with one attached hydrogen (secondary N) is 1. The molecule has 0 amide bonds. The van der Waals surface area contributed by atoms with Crippen molar-refractivity contribution in [3.05, 3.63) is 51.7 Å². The predicted molar refractivity (Wildman–Crippen MR) is 113 cm³/mol. The Balaban J connectivity index is 2.00. The first-order valence-electron chi connectivity index (χ1n) is 8.94. The summed E-state index contributed by atoms with van der Waals surface area (Å²) in [5.74, 6) is 2.46. The van der Waals surface area contributed by atoms with Crippen LogP contribution in [0, 0.1) is 23.7 Å². The van der Waals surface area contributed by atoms with E-state index in [0.717, 1.165) is 5.52 Å². The highest BCUT2D eigenvalue weighted by molar-refractivity contribution is 6.31. The molecule has 0 aliphatic carbocycles. The van der Waals surface area contributed by atoms with Gasteiger partial charge >= 0.3 is 5.69 Å². The van der Waals surface area contributed by atoms with Crippen LogP contribution in [-0.2, 0) is 13.6 Å². The first-order chi connectivity index (χ1) is 13.8. The standard InChI is InChI=1S/C21H20ClN5O2/c1-4-8-21(2,29)9-11-27-18-12-14(5-6-17(18)26(3)20(27)28)25-16-7-10-24-19(22)15(16)13-23/h1,5-7,10,12,29H,8-9,11H2,2-3H3,(H,24,25). The second-order valence-corrected chi connectivity index (χ2v) is 7.44. The fraction of sp³-hybridized carbons (Fsp3) is 0.286. The molecule has 2 aromatic heterocycles. The van der Waals surface area contributed by atoms with Crippen molar-refractivity contribution >= 4 is 34.0 Å². The van der Waals surface area contributed by atoms with Gasteiger partial charge in [-0.3, -0.25) is 9.13 Å². The molecule has 0 aliphatic heterocycles. The molecule has 2 N–H and O–H groups in total. The Morgan fingerprint density at radius 1 is 1.38 bits per heavy atom. The van der Waals surface area contributed by atoms with Crippen LogP contribution in [0.15, 0.2) is 35.3 Å². The molecule has 29 heavy (non-hydrogen) atoms. The van der Waals surface area contributed by atoms with E-state index in [0.29, 0.717) is 29.9 Å². The molecule has 1 unspecified atom stereocenters. The molecule has 0 saturated carbocycles. The fourth-order valence-corrected chi connectivity index (χ4v) is 3.37. The number of hydrogen-bond acceptors (Lipinski definition) is 5.